The molecule has 0 fully saturated rings. The van der Waals surface area contributed by atoms with Crippen LogP contribution in [-0.4, -0.2) is 60.4 Å². The van der Waals surface area contributed by atoms with E-state index < -0.39 is 0 Å². The summed E-state index contributed by atoms with van der Waals surface area (Å²) >= 11 is 0. The van der Waals surface area contributed by atoms with Crippen LogP contribution in [0.5, 0.6) is 0 Å². The van der Waals surface area contributed by atoms with Crippen molar-refractivity contribution < 1.29 is 0 Å². The molecule has 0 saturated heterocycles. The summed E-state index contributed by atoms with van der Waals surface area (Å²) in [5.41, 5.74) is 0. The van der Waals surface area contributed by atoms with Crippen LogP contribution in [0.25, 0.3) is 0 Å². The minimum absolute atomic E-state index is 0. The molecule has 0 unspecified atom stereocenters. The minimum atomic E-state index is 0. The third kappa shape index (κ3) is 3.59. The van der Waals surface area contributed by atoms with Gasteiger partial charge in [0.05, 0.1) is 12.9 Å². The van der Waals surface area contributed by atoms with Crippen LogP contribution in [0.3, 0.4) is 0 Å². The Morgan fingerprint density at radius 1 is 1.60 bits per heavy atom. The van der Waals surface area contributed by atoms with Gasteiger partial charge in [0.15, 0.2) is 0 Å². The van der Waals surface area contributed by atoms with Gasteiger partial charge in [-0.25, -0.2) is 0 Å². The van der Waals surface area contributed by atoms with Gasteiger partial charge in [0.25, 0.3) is 0 Å². The van der Waals surface area contributed by atoms with Crippen molar-refractivity contribution in [1.82, 2.24) is 4.90 Å². The molecule has 1 rings (SSSR count). The molecule has 0 amide bonds. The van der Waals surface area contributed by atoms with Crippen LogP contribution in [0.2, 0.25) is 0 Å². The molecular formula is C7H15N2Na. The van der Waals surface area contributed by atoms with Crippen molar-refractivity contribution in [3.05, 3.63) is 0 Å². The van der Waals surface area contributed by atoms with Crippen LogP contribution < -0.4 is 0 Å². The Hall–Kier alpha value is 0.470. The maximum absolute atomic E-state index is 4.12. The molecule has 0 saturated carbocycles. The van der Waals surface area contributed by atoms with Crippen molar-refractivity contribution >= 4 is 35.9 Å². The van der Waals surface area contributed by atoms with Crippen LogP contribution in [-0.2, 0) is 0 Å². The van der Waals surface area contributed by atoms with E-state index in [-0.39, 0.29) is 29.6 Å². The third-order valence-electron chi connectivity index (χ3n) is 1.56. The summed E-state index contributed by atoms with van der Waals surface area (Å²) in [7, 11) is 0. The average Bonchev–Trinajstić information content (AvgIpc) is 2.34. The van der Waals surface area contributed by atoms with Crippen LogP contribution in [0.1, 0.15) is 19.8 Å². The molecule has 0 spiro atoms. The SMILES string of the molecule is CCCCN1C=NCC1.[NaH]. The first-order valence-electron chi connectivity index (χ1n) is 3.67. The molecular weight excluding hydrogens is 135 g/mol. The maximum atomic E-state index is 4.12. The summed E-state index contributed by atoms with van der Waals surface area (Å²) < 4.78 is 0. The van der Waals surface area contributed by atoms with Crippen molar-refractivity contribution in [1.29, 1.82) is 0 Å². The molecule has 0 aliphatic carbocycles. The number of unbranched alkanes of at least 4 members (excludes halogenated alkanes) is 1. The van der Waals surface area contributed by atoms with E-state index in [4.69, 9.17) is 0 Å². The number of rotatable bonds is 3. The molecule has 0 N–H and O–H groups in total. The molecule has 1 aliphatic heterocycles. The zero-order valence-electron chi connectivity index (χ0n) is 6.01. The molecule has 0 radical (unpaired) electrons. The molecule has 0 aromatic carbocycles. The van der Waals surface area contributed by atoms with Crippen LogP contribution in [0.15, 0.2) is 4.99 Å². The van der Waals surface area contributed by atoms with Crippen LogP contribution in [0, 0.1) is 0 Å². The predicted octanol–water partition coefficient (Wildman–Crippen LogP) is 0.482. The van der Waals surface area contributed by atoms with Gasteiger partial charge >= 0.3 is 29.6 Å². The summed E-state index contributed by atoms with van der Waals surface area (Å²) in [4.78, 5) is 6.40. The zero-order valence-corrected chi connectivity index (χ0v) is 6.01. The second kappa shape index (κ2) is 6.20. The first-order valence-corrected chi connectivity index (χ1v) is 3.67. The third-order valence-corrected chi connectivity index (χ3v) is 1.56. The van der Waals surface area contributed by atoms with Crippen LogP contribution in [0.4, 0.5) is 0 Å². The van der Waals surface area contributed by atoms with Crippen molar-refractivity contribution in [3.8, 4) is 0 Å². The van der Waals surface area contributed by atoms with Gasteiger partial charge in [0.1, 0.15) is 0 Å². The van der Waals surface area contributed by atoms with E-state index in [9.17, 15) is 0 Å². The Bertz CT molecular complexity index is 104. The van der Waals surface area contributed by atoms with Gasteiger partial charge in [-0.3, -0.25) is 4.99 Å². The number of hydrogen-bond donors (Lipinski definition) is 0. The zero-order chi connectivity index (χ0) is 6.53. The summed E-state index contributed by atoms with van der Waals surface area (Å²) in [6.45, 7) is 5.55. The molecule has 3 heteroatoms. The van der Waals surface area contributed by atoms with Gasteiger partial charge < -0.3 is 4.90 Å². The molecule has 2 nitrogen and oxygen atoms in total. The van der Waals surface area contributed by atoms with Crippen molar-refractivity contribution in [2.75, 3.05) is 19.6 Å². The standard InChI is InChI=1S/C7H14N2.Na.H/c1-2-3-5-9-6-4-8-7-9;;/h7H,2-6H2,1H3;;. The molecule has 0 bridgehead atoms. The van der Waals surface area contributed by atoms with Crippen LogP contribution >= 0.6 is 0 Å². The topological polar surface area (TPSA) is 15.6 Å². The molecule has 10 heavy (non-hydrogen) atoms. The van der Waals surface area contributed by atoms with Crippen molar-refractivity contribution in [2.24, 2.45) is 4.99 Å². The molecule has 0 aromatic rings. The number of nitrogens with zero attached hydrogens (tertiary/aromatic N) is 2. The quantitative estimate of drug-likeness (QED) is 0.534. The van der Waals surface area contributed by atoms with E-state index >= 15 is 0 Å². The van der Waals surface area contributed by atoms with Crippen molar-refractivity contribution in [3.63, 3.8) is 0 Å². The Kier molecular flexibility index (Phi) is 6.49. The van der Waals surface area contributed by atoms with Gasteiger partial charge in [0, 0.05) is 13.1 Å². The van der Waals surface area contributed by atoms with E-state index in [1.165, 1.54) is 19.4 Å². The first-order chi connectivity index (χ1) is 4.43. The van der Waals surface area contributed by atoms with Crippen molar-refractivity contribution in [2.45, 2.75) is 19.8 Å². The van der Waals surface area contributed by atoms with Gasteiger partial charge in [-0.2, -0.15) is 0 Å². The van der Waals surface area contributed by atoms with E-state index in [1.54, 1.807) is 0 Å². The summed E-state index contributed by atoms with van der Waals surface area (Å²) in [6.07, 6.45) is 4.55. The molecule has 0 aromatic heterocycles. The normalized spacial score (nSPS) is 15.5. The average molecular weight is 150 g/mol. The van der Waals surface area contributed by atoms with E-state index in [0.717, 1.165) is 13.1 Å². The fourth-order valence-corrected chi connectivity index (χ4v) is 0.948. The summed E-state index contributed by atoms with van der Waals surface area (Å²) in [6, 6.07) is 0. The van der Waals surface area contributed by atoms with Gasteiger partial charge in [-0.15, -0.1) is 0 Å². The molecule has 0 atom stereocenters. The predicted molar refractivity (Wildman–Crippen MR) is 47.0 cm³/mol. The Balaban J connectivity index is 0.000000810. The summed E-state index contributed by atoms with van der Waals surface area (Å²) in [5.74, 6) is 0. The monoisotopic (exact) mass is 150 g/mol. The number of hydrogen-bond acceptors (Lipinski definition) is 2. The molecule has 1 heterocycles. The van der Waals surface area contributed by atoms with Gasteiger partial charge in [-0.05, 0) is 6.42 Å². The number of aliphatic imine (C=N–C) groups is 1. The van der Waals surface area contributed by atoms with E-state index in [0.29, 0.717) is 0 Å². The Morgan fingerprint density at radius 2 is 2.40 bits per heavy atom. The summed E-state index contributed by atoms with van der Waals surface area (Å²) in [5, 5.41) is 0. The molecule has 1 aliphatic rings. The van der Waals surface area contributed by atoms with E-state index in [1.807, 2.05) is 6.34 Å². The fourth-order valence-electron chi connectivity index (χ4n) is 0.948. The Morgan fingerprint density at radius 3 is 2.90 bits per heavy atom. The fraction of sp³-hybridized carbons (Fsp3) is 0.857. The van der Waals surface area contributed by atoms with E-state index in [2.05, 4.69) is 16.8 Å². The second-order valence-corrected chi connectivity index (χ2v) is 2.41. The van der Waals surface area contributed by atoms with Gasteiger partial charge in [-0.1, -0.05) is 13.3 Å². The second-order valence-electron chi connectivity index (χ2n) is 2.41. The van der Waals surface area contributed by atoms with Gasteiger partial charge in [0.2, 0.25) is 0 Å². The Labute approximate surface area is 85.0 Å². The first kappa shape index (κ1) is 10.5. The molecule has 54 valence electrons.